The number of halogens is 1. The second-order valence-corrected chi connectivity index (χ2v) is 4.00. The molecule has 1 rings (SSSR count). The molecule has 1 aromatic carbocycles. The van der Waals surface area contributed by atoms with Gasteiger partial charge in [-0.3, -0.25) is 0 Å². The van der Waals surface area contributed by atoms with Crippen LogP contribution >= 0.6 is 11.6 Å². The largest absolute Gasteiger partial charge is 0.494 e. The van der Waals surface area contributed by atoms with E-state index < -0.39 is 0 Å². The van der Waals surface area contributed by atoms with E-state index in [-0.39, 0.29) is 0 Å². The summed E-state index contributed by atoms with van der Waals surface area (Å²) in [6, 6.07) is 8.24. The molecule has 0 amide bonds. The Morgan fingerprint density at radius 1 is 1.36 bits per heavy atom. The molecule has 0 spiro atoms. The lowest BCUT2D eigenvalue weighted by Crippen LogP contribution is -1.98. The average Bonchev–Trinajstić information content (AvgIpc) is 2.19. The molecule has 0 aliphatic heterocycles. The van der Waals surface area contributed by atoms with E-state index in [0.29, 0.717) is 18.4 Å². The molecule has 78 valence electrons. The van der Waals surface area contributed by atoms with Gasteiger partial charge in [0, 0.05) is 5.88 Å². The van der Waals surface area contributed by atoms with Crippen LogP contribution in [-0.4, -0.2) is 12.5 Å². The average molecular weight is 213 g/mol. The van der Waals surface area contributed by atoms with Gasteiger partial charge in [-0.15, -0.1) is 11.6 Å². The molecule has 0 fully saturated rings. The topological polar surface area (TPSA) is 9.23 Å². The van der Waals surface area contributed by atoms with Gasteiger partial charge in [-0.05, 0) is 30.0 Å². The Balaban J connectivity index is 2.55. The van der Waals surface area contributed by atoms with Crippen LogP contribution in [0.5, 0.6) is 5.75 Å². The number of ether oxygens (including phenoxy) is 1. The molecule has 0 bridgehead atoms. The number of hydrogen-bond donors (Lipinski definition) is 0. The summed E-state index contributed by atoms with van der Waals surface area (Å²) in [6.45, 7) is 5.06. The molecular weight excluding hydrogens is 196 g/mol. The van der Waals surface area contributed by atoms with Crippen molar-refractivity contribution in [3.8, 4) is 5.75 Å². The van der Waals surface area contributed by atoms with Crippen LogP contribution in [0.4, 0.5) is 0 Å². The van der Waals surface area contributed by atoms with Gasteiger partial charge in [0.1, 0.15) is 5.75 Å². The predicted molar refractivity (Wildman–Crippen MR) is 61.4 cm³/mol. The van der Waals surface area contributed by atoms with E-state index >= 15 is 0 Å². The summed E-state index contributed by atoms with van der Waals surface area (Å²) in [4.78, 5) is 0. The highest BCUT2D eigenvalue weighted by atomic mass is 35.5. The molecule has 2 heteroatoms. The highest BCUT2D eigenvalue weighted by molar-refractivity contribution is 6.17. The van der Waals surface area contributed by atoms with E-state index in [2.05, 4.69) is 26.0 Å². The van der Waals surface area contributed by atoms with Gasteiger partial charge in [0.2, 0.25) is 0 Å². The van der Waals surface area contributed by atoms with Crippen molar-refractivity contribution < 1.29 is 4.74 Å². The lowest BCUT2D eigenvalue weighted by Gasteiger charge is -2.09. The fourth-order valence-corrected chi connectivity index (χ4v) is 1.32. The first-order chi connectivity index (χ1) is 6.74. The van der Waals surface area contributed by atoms with Crippen molar-refractivity contribution >= 4 is 11.6 Å². The van der Waals surface area contributed by atoms with E-state index in [0.717, 1.165) is 12.2 Å². The van der Waals surface area contributed by atoms with Gasteiger partial charge in [0.15, 0.2) is 0 Å². The van der Waals surface area contributed by atoms with Gasteiger partial charge in [-0.1, -0.05) is 26.0 Å². The maximum Gasteiger partial charge on any atom is 0.119 e. The minimum absolute atomic E-state index is 0.548. The Morgan fingerprint density at radius 2 is 2.14 bits per heavy atom. The van der Waals surface area contributed by atoms with Crippen LogP contribution in [0.2, 0.25) is 0 Å². The van der Waals surface area contributed by atoms with Crippen molar-refractivity contribution in [2.24, 2.45) is 0 Å². The third-order valence-electron chi connectivity index (χ3n) is 2.07. The fraction of sp³-hybridized carbons (Fsp3) is 0.500. The van der Waals surface area contributed by atoms with E-state index in [1.54, 1.807) is 0 Å². The van der Waals surface area contributed by atoms with Crippen LogP contribution < -0.4 is 4.74 Å². The molecule has 0 aliphatic rings. The Labute approximate surface area is 91.0 Å². The fourth-order valence-electron chi connectivity index (χ4n) is 1.21. The molecule has 0 heterocycles. The highest BCUT2D eigenvalue weighted by Crippen LogP contribution is 2.20. The zero-order valence-electron chi connectivity index (χ0n) is 8.79. The monoisotopic (exact) mass is 212 g/mol. The molecule has 0 atom stereocenters. The van der Waals surface area contributed by atoms with Crippen LogP contribution in [0, 0.1) is 0 Å². The number of rotatable bonds is 5. The third kappa shape index (κ3) is 3.59. The molecule has 14 heavy (non-hydrogen) atoms. The molecule has 0 saturated heterocycles. The van der Waals surface area contributed by atoms with E-state index in [1.807, 2.05) is 12.1 Å². The minimum atomic E-state index is 0.548. The molecule has 0 N–H and O–H groups in total. The van der Waals surface area contributed by atoms with Crippen LogP contribution in [0.15, 0.2) is 24.3 Å². The minimum Gasteiger partial charge on any atom is -0.494 e. The van der Waals surface area contributed by atoms with E-state index in [4.69, 9.17) is 16.3 Å². The van der Waals surface area contributed by atoms with Crippen molar-refractivity contribution in [1.29, 1.82) is 0 Å². The van der Waals surface area contributed by atoms with Crippen molar-refractivity contribution in [2.45, 2.75) is 26.2 Å². The van der Waals surface area contributed by atoms with Gasteiger partial charge in [-0.25, -0.2) is 0 Å². The summed E-state index contributed by atoms with van der Waals surface area (Å²) in [7, 11) is 0. The SMILES string of the molecule is CC(C)c1cccc(OCCCCl)c1. The summed E-state index contributed by atoms with van der Waals surface area (Å²) in [5.41, 5.74) is 1.31. The summed E-state index contributed by atoms with van der Waals surface area (Å²) in [5.74, 6) is 2.15. The number of hydrogen-bond acceptors (Lipinski definition) is 1. The number of alkyl halides is 1. The van der Waals surface area contributed by atoms with Gasteiger partial charge in [-0.2, -0.15) is 0 Å². The maximum atomic E-state index is 5.57. The van der Waals surface area contributed by atoms with Crippen LogP contribution in [0.1, 0.15) is 31.7 Å². The second-order valence-electron chi connectivity index (χ2n) is 3.62. The van der Waals surface area contributed by atoms with Crippen LogP contribution in [-0.2, 0) is 0 Å². The Bertz CT molecular complexity index is 271. The van der Waals surface area contributed by atoms with Crippen LogP contribution in [0.3, 0.4) is 0 Å². The summed E-state index contributed by atoms with van der Waals surface area (Å²) < 4.78 is 5.55. The summed E-state index contributed by atoms with van der Waals surface area (Å²) in [5, 5.41) is 0. The second kappa shape index (κ2) is 5.92. The smallest absolute Gasteiger partial charge is 0.119 e. The van der Waals surface area contributed by atoms with Crippen LogP contribution in [0.25, 0.3) is 0 Å². The maximum absolute atomic E-state index is 5.57. The van der Waals surface area contributed by atoms with Crippen molar-refractivity contribution in [2.75, 3.05) is 12.5 Å². The quantitative estimate of drug-likeness (QED) is 0.533. The zero-order chi connectivity index (χ0) is 10.4. The molecular formula is C12H17ClO. The van der Waals surface area contributed by atoms with Crippen molar-refractivity contribution in [3.63, 3.8) is 0 Å². The van der Waals surface area contributed by atoms with Crippen molar-refractivity contribution in [1.82, 2.24) is 0 Å². The standard InChI is InChI=1S/C12H17ClO/c1-10(2)11-5-3-6-12(9-11)14-8-4-7-13/h3,5-6,9-10H,4,7-8H2,1-2H3. The molecule has 1 nitrogen and oxygen atoms in total. The first kappa shape index (κ1) is 11.4. The molecule has 0 aromatic heterocycles. The zero-order valence-corrected chi connectivity index (χ0v) is 9.55. The van der Waals surface area contributed by atoms with E-state index in [9.17, 15) is 0 Å². The molecule has 0 radical (unpaired) electrons. The third-order valence-corrected chi connectivity index (χ3v) is 2.34. The van der Waals surface area contributed by atoms with Gasteiger partial charge in [0.25, 0.3) is 0 Å². The molecule has 0 saturated carbocycles. The van der Waals surface area contributed by atoms with Gasteiger partial charge in [0.05, 0.1) is 6.61 Å². The Morgan fingerprint density at radius 3 is 2.79 bits per heavy atom. The molecule has 1 aromatic rings. The van der Waals surface area contributed by atoms with Gasteiger partial charge < -0.3 is 4.74 Å². The molecule has 0 aliphatic carbocycles. The molecule has 0 unspecified atom stereocenters. The summed E-state index contributed by atoms with van der Waals surface area (Å²) in [6.07, 6.45) is 0.896. The highest BCUT2D eigenvalue weighted by Gasteiger charge is 2.00. The lowest BCUT2D eigenvalue weighted by molar-refractivity contribution is 0.318. The number of benzene rings is 1. The van der Waals surface area contributed by atoms with Gasteiger partial charge >= 0.3 is 0 Å². The first-order valence-electron chi connectivity index (χ1n) is 5.02. The predicted octanol–water partition coefficient (Wildman–Crippen LogP) is 3.82. The lowest BCUT2D eigenvalue weighted by atomic mass is 10.0. The Kier molecular flexibility index (Phi) is 4.81. The Hall–Kier alpha value is -0.690. The first-order valence-corrected chi connectivity index (χ1v) is 5.56. The van der Waals surface area contributed by atoms with Crippen molar-refractivity contribution in [3.05, 3.63) is 29.8 Å². The van der Waals surface area contributed by atoms with E-state index in [1.165, 1.54) is 5.56 Å². The summed E-state index contributed by atoms with van der Waals surface area (Å²) >= 11 is 5.57. The normalized spacial score (nSPS) is 10.6.